The average Bonchev–Trinajstić information content (AvgIpc) is 3.01. The van der Waals surface area contributed by atoms with Crippen LogP contribution < -0.4 is 24.2 Å². The van der Waals surface area contributed by atoms with Crippen molar-refractivity contribution in [2.75, 3.05) is 23.9 Å². The minimum Gasteiger partial charge on any atom is -0.495 e. The van der Waals surface area contributed by atoms with Gasteiger partial charge in [-0.1, -0.05) is 0 Å². The van der Waals surface area contributed by atoms with E-state index in [1.807, 2.05) is 0 Å². The summed E-state index contributed by atoms with van der Waals surface area (Å²) in [5.41, 5.74) is 0.663. The third-order valence-electron chi connectivity index (χ3n) is 3.40. The van der Waals surface area contributed by atoms with Crippen molar-refractivity contribution in [3.63, 3.8) is 0 Å². The zero-order valence-electron chi connectivity index (χ0n) is 13.5. The molecule has 0 saturated heterocycles. The third kappa shape index (κ3) is 3.61. The summed E-state index contributed by atoms with van der Waals surface area (Å²) in [7, 11) is -2.59. The first-order valence-corrected chi connectivity index (χ1v) is 8.75. The number of benzene rings is 2. The van der Waals surface area contributed by atoms with Gasteiger partial charge in [0.05, 0.1) is 12.8 Å². The molecule has 8 nitrogen and oxygen atoms in total. The van der Waals surface area contributed by atoms with Crippen LogP contribution in [0.5, 0.6) is 17.2 Å². The molecule has 0 fully saturated rings. The van der Waals surface area contributed by atoms with Crippen molar-refractivity contribution in [3.8, 4) is 17.2 Å². The Morgan fingerprint density at radius 2 is 1.80 bits per heavy atom. The van der Waals surface area contributed by atoms with Crippen LogP contribution in [-0.2, 0) is 14.8 Å². The first-order chi connectivity index (χ1) is 11.9. The van der Waals surface area contributed by atoms with E-state index in [-0.39, 0.29) is 23.3 Å². The second-order valence-corrected chi connectivity index (χ2v) is 6.87. The van der Waals surface area contributed by atoms with Gasteiger partial charge in [0.1, 0.15) is 10.6 Å². The predicted molar refractivity (Wildman–Crippen MR) is 90.7 cm³/mol. The maximum atomic E-state index is 12.7. The van der Waals surface area contributed by atoms with Crippen LogP contribution in [0, 0.1) is 0 Å². The fraction of sp³-hybridized carbons (Fsp3) is 0.188. The van der Waals surface area contributed by atoms with Gasteiger partial charge < -0.3 is 19.5 Å². The van der Waals surface area contributed by atoms with Gasteiger partial charge in [0.2, 0.25) is 12.7 Å². The standard InChI is InChI=1S/C16H16N2O6S/c1-10(19)17-11-3-6-14(22-2)16(8-11)25(20,21)18-12-4-5-13-15(7-12)24-9-23-13/h3-8,18H,9H2,1-2H3,(H,17,19). The van der Waals surface area contributed by atoms with Crippen molar-refractivity contribution in [2.24, 2.45) is 0 Å². The first-order valence-electron chi connectivity index (χ1n) is 7.27. The van der Waals surface area contributed by atoms with Crippen molar-refractivity contribution in [1.29, 1.82) is 0 Å². The van der Waals surface area contributed by atoms with E-state index in [9.17, 15) is 13.2 Å². The van der Waals surface area contributed by atoms with Crippen molar-refractivity contribution in [2.45, 2.75) is 11.8 Å². The number of sulfonamides is 1. The van der Waals surface area contributed by atoms with Gasteiger partial charge in [-0.3, -0.25) is 9.52 Å². The lowest BCUT2D eigenvalue weighted by atomic mass is 10.3. The van der Waals surface area contributed by atoms with E-state index < -0.39 is 10.0 Å². The lowest BCUT2D eigenvalue weighted by Gasteiger charge is -2.13. The quantitative estimate of drug-likeness (QED) is 0.843. The molecule has 0 aliphatic carbocycles. The number of anilines is 2. The van der Waals surface area contributed by atoms with E-state index in [1.165, 1.54) is 32.2 Å². The molecule has 0 radical (unpaired) electrons. The van der Waals surface area contributed by atoms with Crippen molar-refractivity contribution >= 4 is 27.3 Å². The van der Waals surface area contributed by atoms with E-state index in [2.05, 4.69) is 10.0 Å². The monoisotopic (exact) mass is 364 g/mol. The minimum absolute atomic E-state index is 0.0954. The van der Waals surface area contributed by atoms with Crippen molar-refractivity contribution in [3.05, 3.63) is 36.4 Å². The summed E-state index contributed by atoms with van der Waals surface area (Å²) in [5.74, 6) is 0.854. The smallest absolute Gasteiger partial charge is 0.265 e. The molecule has 1 aliphatic heterocycles. The molecule has 0 atom stereocenters. The molecule has 3 rings (SSSR count). The van der Waals surface area contributed by atoms with Crippen LogP contribution in [0.25, 0.3) is 0 Å². The van der Waals surface area contributed by atoms with Crippen molar-refractivity contribution in [1.82, 2.24) is 0 Å². The Kier molecular flexibility index (Phi) is 4.41. The van der Waals surface area contributed by atoms with Gasteiger partial charge in [0.25, 0.3) is 10.0 Å². The van der Waals surface area contributed by atoms with Crippen molar-refractivity contribution < 1.29 is 27.4 Å². The molecular weight excluding hydrogens is 348 g/mol. The van der Waals surface area contributed by atoms with Gasteiger partial charge in [-0.05, 0) is 30.3 Å². The number of hydrogen-bond donors (Lipinski definition) is 2. The molecule has 25 heavy (non-hydrogen) atoms. The SMILES string of the molecule is COc1ccc(NC(C)=O)cc1S(=O)(=O)Nc1ccc2c(c1)OCO2. The zero-order chi connectivity index (χ0) is 18.0. The molecule has 2 N–H and O–H groups in total. The Bertz CT molecular complexity index is 926. The summed E-state index contributed by atoms with van der Waals surface area (Å²) in [4.78, 5) is 11.1. The number of fused-ring (bicyclic) bond motifs is 1. The van der Waals surface area contributed by atoms with Crippen LogP contribution in [0.3, 0.4) is 0 Å². The maximum Gasteiger partial charge on any atom is 0.265 e. The van der Waals surface area contributed by atoms with Crippen LogP contribution in [0.15, 0.2) is 41.3 Å². The van der Waals surface area contributed by atoms with Gasteiger partial charge in [-0.2, -0.15) is 0 Å². The summed E-state index contributed by atoms with van der Waals surface area (Å²) in [6.45, 7) is 1.43. The summed E-state index contributed by atoms with van der Waals surface area (Å²) in [5, 5.41) is 2.54. The van der Waals surface area contributed by atoms with Crippen LogP contribution >= 0.6 is 0 Å². The molecule has 2 aromatic carbocycles. The fourth-order valence-electron chi connectivity index (χ4n) is 2.34. The van der Waals surface area contributed by atoms with E-state index in [4.69, 9.17) is 14.2 Å². The van der Waals surface area contributed by atoms with Gasteiger partial charge in [-0.15, -0.1) is 0 Å². The highest BCUT2D eigenvalue weighted by Gasteiger charge is 2.22. The molecule has 9 heteroatoms. The summed E-state index contributed by atoms with van der Waals surface area (Å²) in [6.07, 6.45) is 0. The van der Waals surface area contributed by atoms with E-state index in [0.29, 0.717) is 22.9 Å². The number of rotatable bonds is 5. The molecule has 1 heterocycles. The topological polar surface area (TPSA) is 103 Å². The Balaban J connectivity index is 1.94. The lowest BCUT2D eigenvalue weighted by Crippen LogP contribution is -2.15. The Hall–Kier alpha value is -2.94. The highest BCUT2D eigenvalue weighted by molar-refractivity contribution is 7.92. The van der Waals surface area contributed by atoms with Gasteiger partial charge in [0, 0.05) is 18.7 Å². The minimum atomic E-state index is -3.95. The average molecular weight is 364 g/mol. The van der Waals surface area contributed by atoms with Gasteiger partial charge in [-0.25, -0.2) is 8.42 Å². The van der Waals surface area contributed by atoms with E-state index in [0.717, 1.165) is 0 Å². The number of methoxy groups -OCH3 is 1. The lowest BCUT2D eigenvalue weighted by molar-refractivity contribution is -0.114. The highest BCUT2D eigenvalue weighted by Crippen LogP contribution is 2.35. The van der Waals surface area contributed by atoms with Crippen LogP contribution in [0.1, 0.15) is 6.92 Å². The number of carbonyl (C=O) groups excluding carboxylic acids is 1. The van der Waals surface area contributed by atoms with E-state index >= 15 is 0 Å². The summed E-state index contributed by atoms with van der Waals surface area (Å²) >= 11 is 0. The number of nitrogens with one attached hydrogen (secondary N) is 2. The predicted octanol–water partition coefficient (Wildman–Crippen LogP) is 2.18. The first kappa shape index (κ1) is 16.9. The normalized spacial score (nSPS) is 12.6. The molecular formula is C16H16N2O6S. The molecule has 0 saturated carbocycles. The molecule has 0 aromatic heterocycles. The molecule has 0 bridgehead atoms. The third-order valence-corrected chi connectivity index (χ3v) is 4.80. The Morgan fingerprint density at radius 3 is 2.52 bits per heavy atom. The fourth-order valence-corrected chi connectivity index (χ4v) is 3.58. The second-order valence-electron chi connectivity index (χ2n) is 5.22. The number of amides is 1. The zero-order valence-corrected chi connectivity index (χ0v) is 14.3. The van der Waals surface area contributed by atoms with Crippen LogP contribution in [0.4, 0.5) is 11.4 Å². The number of hydrogen-bond acceptors (Lipinski definition) is 6. The Morgan fingerprint density at radius 1 is 1.08 bits per heavy atom. The molecule has 0 unspecified atom stereocenters. The molecule has 2 aromatic rings. The van der Waals surface area contributed by atoms with Crippen LogP contribution in [0.2, 0.25) is 0 Å². The number of carbonyl (C=O) groups is 1. The van der Waals surface area contributed by atoms with Gasteiger partial charge in [0.15, 0.2) is 11.5 Å². The second kappa shape index (κ2) is 6.52. The largest absolute Gasteiger partial charge is 0.495 e. The van der Waals surface area contributed by atoms with E-state index in [1.54, 1.807) is 18.2 Å². The molecule has 1 aliphatic rings. The maximum absolute atomic E-state index is 12.7. The summed E-state index contributed by atoms with van der Waals surface area (Å²) in [6, 6.07) is 9.07. The van der Waals surface area contributed by atoms with Gasteiger partial charge >= 0.3 is 0 Å². The molecule has 1 amide bonds. The number of ether oxygens (including phenoxy) is 3. The molecule has 0 spiro atoms. The Labute approximate surface area is 144 Å². The van der Waals surface area contributed by atoms with Crippen LogP contribution in [-0.4, -0.2) is 28.2 Å². The summed E-state index contributed by atoms with van der Waals surface area (Å²) < 4.78 is 43.5. The molecule has 132 valence electrons. The highest BCUT2D eigenvalue weighted by atomic mass is 32.2.